The quantitative estimate of drug-likeness (QED) is 0.0976. The van der Waals surface area contributed by atoms with Gasteiger partial charge in [0.1, 0.15) is 52.1 Å². The lowest BCUT2D eigenvalue weighted by Gasteiger charge is -2.23. The summed E-state index contributed by atoms with van der Waals surface area (Å²) >= 11 is 0. The molecule has 1 amide bonds. The topological polar surface area (TPSA) is 204 Å². The second kappa shape index (κ2) is 28.6. The molecule has 0 atom stereocenters. The fraction of sp³-hybridized carbons (Fsp3) is 0.167. The molecule has 0 aliphatic carbocycles. The molecule has 0 saturated heterocycles. The van der Waals surface area contributed by atoms with E-state index in [1.165, 1.54) is 29.2 Å². The van der Waals surface area contributed by atoms with Crippen molar-refractivity contribution in [1.82, 2.24) is 49.7 Å². The van der Waals surface area contributed by atoms with Crippen molar-refractivity contribution < 1.29 is 32.3 Å². The van der Waals surface area contributed by atoms with Crippen LogP contribution in [0.5, 0.6) is 0 Å². The molecule has 0 aliphatic rings. The Bertz CT molecular complexity index is 3820. The van der Waals surface area contributed by atoms with Crippen LogP contribution in [0.25, 0.3) is 21.8 Å². The standard InChI is InChI=1S/C29H22F2N6O.C19H17F2N5.C10H7NO2.2CH4.ClH/c1-19-34-35-28(37(19)16-21-8-6-20(15-32)7-9-21)18-36(17-23-10-12-24(30)14-25(23)31)29(38)27-13-11-22-4-2-3-5-26(22)33-27;1-13-24-25-19(11-23-10-16-6-7-17(20)8-18(16)21)26(13)12-15-4-2-14(9-22)3-5-15;12-10(13)9-6-5-7-3-1-2-4-8(7)11-9;;;/h2-14H,16-18H2,1H3;2-8,23H,10-12H2,1H3;1-6H,(H,12,13);2*1H4;1H. The number of hydrogen-bond acceptors (Lipinski definition) is 11. The van der Waals surface area contributed by atoms with E-state index in [1.807, 2.05) is 88.9 Å². The summed E-state index contributed by atoms with van der Waals surface area (Å²) in [6, 6.07) is 47.0. The molecule has 20 heteroatoms. The fourth-order valence-electron chi connectivity index (χ4n) is 7.98. The maximum absolute atomic E-state index is 14.6. The molecule has 408 valence electrons. The highest BCUT2D eigenvalue weighted by atomic mass is 35.5. The van der Waals surface area contributed by atoms with Gasteiger partial charge in [0.25, 0.3) is 5.91 Å². The fourth-order valence-corrected chi connectivity index (χ4v) is 7.98. The Hall–Kier alpha value is -9.69. The number of para-hydroxylation sites is 2. The molecular weight excluding hydrogens is 1050 g/mol. The molecule has 6 aromatic carbocycles. The molecule has 0 aliphatic heterocycles. The molecule has 0 fully saturated rings. The summed E-state index contributed by atoms with van der Waals surface area (Å²) in [6.07, 6.45) is 0. The molecule has 2 N–H and O–H groups in total. The lowest BCUT2D eigenvalue weighted by atomic mass is 10.1. The number of aromatic nitrogens is 8. The number of amides is 1. The summed E-state index contributed by atoms with van der Waals surface area (Å²) in [7, 11) is 0. The number of aromatic carboxylic acids is 1. The second-order valence-electron chi connectivity index (χ2n) is 17.4. The Morgan fingerprint density at radius 2 is 1.02 bits per heavy atom. The number of carboxylic acid groups (broad SMARTS) is 1. The predicted octanol–water partition coefficient (Wildman–Crippen LogP) is 11.9. The number of benzene rings is 6. The number of carbonyl (C=O) groups is 2. The van der Waals surface area contributed by atoms with E-state index in [0.717, 1.165) is 51.7 Å². The first-order chi connectivity index (χ1) is 37.2. The van der Waals surface area contributed by atoms with Gasteiger partial charge < -0.3 is 24.5 Å². The number of halogens is 5. The van der Waals surface area contributed by atoms with Gasteiger partial charge >= 0.3 is 5.97 Å². The van der Waals surface area contributed by atoms with Crippen LogP contribution in [0.2, 0.25) is 0 Å². The van der Waals surface area contributed by atoms with E-state index in [2.05, 4.69) is 47.8 Å². The molecule has 10 aromatic rings. The minimum absolute atomic E-state index is 0. The van der Waals surface area contributed by atoms with E-state index in [-0.39, 0.29) is 63.8 Å². The van der Waals surface area contributed by atoms with Gasteiger partial charge in [0.05, 0.1) is 60.5 Å². The summed E-state index contributed by atoms with van der Waals surface area (Å²) < 4.78 is 58.6. The van der Waals surface area contributed by atoms with Crippen LogP contribution in [0, 0.1) is 59.8 Å². The molecule has 0 saturated carbocycles. The van der Waals surface area contributed by atoms with Gasteiger partial charge in [-0.25, -0.2) is 32.3 Å². The zero-order valence-electron chi connectivity index (χ0n) is 41.9. The summed E-state index contributed by atoms with van der Waals surface area (Å²) in [5, 5.41) is 48.3. The van der Waals surface area contributed by atoms with Crippen LogP contribution in [-0.2, 0) is 39.3 Å². The molecular formula is C60H55ClF4N12O3. The number of nitrogens with one attached hydrogen (secondary N) is 1. The lowest BCUT2D eigenvalue weighted by Crippen LogP contribution is -2.32. The highest BCUT2D eigenvalue weighted by Crippen LogP contribution is 2.21. The molecule has 0 spiro atoms. The molecule has 4 heterocycles. The molecule has 0 unspecified atom stereocenters. The van der Waals surface area contributed by atoms with Gasteiger partial charge in [-0.15, -0.1) is 32.8 Å². The Kier molecular flexibility index (Phi) is 21.9. The van der Waals surface area contributed by atoms with Crippen molar-refractivity contribution in [2.75, 3.05) is 0 Å². The van der Waals surface area contributed by atoms with Gasteiger partial charge in [-0.1, -0.05) is 99.8 Å². The second-order valence-corrected chi connectivity index (χ2v) is 17.4. The van der Waals surface area contributed by atoms with E-state index in [4.69, 9.17) is 15.6 Å². The number of fused-ring (bicyclic) bond motifs is 2. The zero-order chi connectivity index (χ0) is 54.4. The first kappa shape index (κ1) is 61.2. The van der Waals surface area contributed by atoms with Gasteiger partial charge in [0.15, 0.2) is 5.82 Å². The average molecular weight is 1100 g/mol. The lowest BCUT2D eigenvalue weighted by molar-refractivity contribution is 0.0688. The predicted molar refractivity (Wildman–Crippen MR) is 298 cm³/mol. The minimum Gasteiger partial charge on any atom is -0.477 e. The zero-order valence-corrected chi connectivity index (χ0v) is 42.7. The van der Waals surface area contributed by atoms with Crippen LogP contribution in [0.3, 0.4) is 0 Å². The molecule has 15 nitrogen and oxygen atoms in total. The Balaban J connectivity index is 0.000000242. The first-order valence-corrected chi connectivity index (χ1v) is 23.8. The molecule has 10 rings (SSSR count). The average Bonchev–Trinajstić information content (AvgIpc) is 3.97. The number of nitrogens with zero attached hydrogens (tertiary/aromatic N) is 11. The third kappa shape index (κ3) is 15.7. The van der Waals surface area contributed by atoms with E-state index < -0.39 is 35.1 Å². The summed E-state index contributed by atoms with van der Waals surface area (Å²) in [5.41, 5.74) is 5.31. The summed E-state index contributed by atoms with van der Waals surface area (Å²) in [4.78, 5) is 34.2. The molecule has 0 radical (unpaired) electrons. The van der Waals surface area contributed by atoms with Crippen molar-refractivity contribution in [3.05, 3.63) is 249 Å². The van der Waals surface area contributed by atoms with Gasteiger partial charge in [0.2, 0.25) is 0 Å². The van der Waals surface area contributed by atoms with Crippen LogP contribution in [0.15, 0.2) is 158 Å². The monoisotopic (exact) mass is 1100 g/mol. The number of carbonyl (C=O) groups excluding carboxylic acids is 1. The Morgan fingerprint density at radius 1 is 0.562 bits per heavy atom. The van der Waals surface area contributed by atoms with Crippen molar-refractivity contribution >= 4 is 46.1 Å². The van der Waals surface area contributed by atoms with Gasteiger partial charge in [-0.2, -0.15) is 10.5 Å². The SMILES string of the molecule is C.C.Cc1nnc(CN(Cc2ccc(F)cc2F)C(=O)c2ccc3ccccc3n2)n1Cc1ccc(C#N)cc1.Cc1nnc(CNCc2ccc(F)cc2F)n1Cc1ccc(C#N)cc1.Cl.O=C(O)c1ccc2ccccc2n1. The van der Waals surface area contributed by atoms with E-state index in [9.17, 15) is 27.2 Å². The highest BCUT2D eigenvalue weighted by Gasteiger charge is 2.23. The van der Waals surface area contributed by atoms with Crippen LogP contribution in [0.1, 0.15) is 92.5 Å². The van der Waals surface area contributed by atoms with Crippen molar-refractivity contribution in [2.45, 2.75) is 68.0 Å². The maximum atomic E-state index is 14.6. The first-order valence-electron chi connectivity index (χ1n) is 23.8. The number of nitriles is 2. The van der Waals surface area contributed by atoms with Crippen LogP contribution in [0.4, 0.5) is 17.6 Å². The smallest absolute Gasteiger partial charge is 0.354 e. The van der Waals surface area contributed by atoms with Gasteiger partial charge in [0, 0.05) is 47.1 Å². The number of carboxylic acids is 1. The number of hydrogen-bond donors (Lipinski definition) is 2. The van der Waals surface area contributed by atoms with Crippen molar-refractivity contribution in [3.8, 4) is 12.1 Å². The Labute approximate surface area is 465 Å². The van der Waals surface area contributed by atoms with Crippen LogP contribution >= 0.6 is 12.4 Å². The van der Waals surface area contributed by atoms with Gasteiger partial charge in [-0.3, -0.25) is 4.79 Å². The largest absolute Gasteiger partial charge is 0.477 e. The maximum Gasteiger partial charge on any atom is 0.354 e. The van der Waals surface area contributed by atoms with Crippen molar-refractivity contribution in [3.63, 3.8) is 0 Å². The van der Waals surface area contributed by atoms with Crippen molar-refractivity contribution in [2.24, 2.45) is 0 Å². The summed E-state index contributed by atoms with van der Waals surface area (Å²) in [6.45, 7) is 5.20. The molecule has 4 aromatic heterocycles. The normalized spacial score (nSPS) is 10.3. The van der Waals surface area contributed by atoms with Crippen LogP contribution in [-0.4, -0.2) is 61.4 Å². The van der Waals surface area contributed by atoms with Crippen LogP contribution < -0.4 is 5.32 Å². The van der Waals surface area contributed by atoms with E-state index in [1.54, 1.807) is 49.4 Å². The number of aryl methyl sites for hydroxylation is 2. The van der Waals surface area contributed by atoms with Gasteiger partial charge in [-0.05, 0) is 85.6 Å². The highest BCUT2D eigenvalue weighted by molar-refractivity contribution is 5.95. The van der Waals surface area contributed by atoms with E-state index >= 15 is 0 Å². The number of rotatable bonds is 14. The molecule has 0 bridgehead atoms. The van der Waals surface area contributed by atoms with E-state index in [0.29, 0.717) is 59.0 Å². The third-order valence-electron chi connectivity index (χ3n) is 12.1. The molecule has 80 heavy (non-hydrogen) atoms. The van der Waals surface area contributed by atoms with Crippen molar-refractivity contribution in [1.29, 1.82) is 10.5 Å². The minimum atomic E-state index is -0.995. The number of pyridine rings is 2. The summed E-state index contributed by atoms with van der Waals surface area (Å²) in [5.74, 6) is -1.43. The third-order valence-corrected chi connectivity index (χ3v) is 12.1. The Morgan fingerprint density at radius 3 is 1.52 bits per heavy atom.